The van der Waals surface area contributed by atoms with Gasteiger partial charge in [-0.3, -0.25) is 4.84 Å². The number of rotatable bonds is 4. The number of hydrogen-bond donors (Lipinski definition) is 3. The molecule has 1 aliphatic heterocycles. The molecule has 8 nitrogen and oxygen atoms in total. The van der Waals surface area contributed by atoms with Crippen molar-refractivity contribution in [2.45, 2.75) is 12.5 Å². The van der Waals surface area contributed by atoms with Crippen molar-refractivity contribution in [2.24, 2.45) is 5.73 Å². The van der Waals surface area contributed by atoms with Crippen molar-refractivity contribution in [2.75, 3.05) is 32.8 Å². The molecular formula is C8H17N3O5. The van der Waals surface area contributed by atoms with E-state index in [2.05, 4.69) is 0 Å². The van der Waals surface area contributed by atoms with Gasteiger partial charge >= 0.3 is 5.97 Å². The zero-order valence-corrected chi connectivity index (χ0v) is 8.92. The minimum absolute atomic E-state index is 0.000283. The third-order valence-electron chi connectivity index (χ3n) is 2.46. The van der Waals surface area contributed by atoms with Crippen LogP contribution in [0.15, 0.2) is 0 Å². The van der Waals surface area contributed by atoms with Gasteiger partial charge in [-0.25, -0.2) is 4.79 Å². The van der Waals surface area contributed by atoms with Gasteiger partial charge < -0.3 is 26.3 Å². The molecule has 0 amide bonds. The van der Waals surface area contributed by atoms with E-state index in [0.29, 0.717) is 0 Å². The fourth-order valence-corrected chi connectivity index (χ4v) is 1.41. The lowest BCUT2D eigenvalue weighted by atomic mass is 10.2. The Morgan fingerprint density at radius 3 is 2.62 bits per heavy atom. The van der Waals surface area contributed by atoms with E-state index in [0.717, 1.165) is 0 Å². The lowest BCUT2D eigenvalue weighted by Gasteiger charge is -2.43. The molecule has 0 aromatic heterocycles. The number of piperazine rings is 1. The number of aliphatic hydroxyl groups is 1. The van der Waals surface area contributed by atoms with Gasteiger partial charge in [-0.1, -0.05) is 0 Å². The molecule has 0 radical (unpaired) electrons. The SMILES string of the molecule is N[C@@H](CCO)C(=O)O[N+]1([O-])CC[NH+]([O-])CC1. The number of carbonyl (C=O) groups excluding carboxylic acids is 1. The van der Waals surface area contributed by atoms with Gasteiger partial charge in [0.05, 0.1) is 0 Å². The topological polar surface area (TPSA) is 123 Å². The molecule has 0 aromatic carbocycles. The zero-order valence-electron chi connectivity index (χ0n) is 8.92. The van der Waals surface area contributed by atoms with Gasteiger partial charge in [0.15, 0.2) is 13.1 Å². The number of hydroxylamine groups is 6. The largest absolute Gasteiger partial charge is 0.634 e. The summed E-state index contributed by atoms with van der Waals surface area (Å²) in [4.78, 5) is 14.9. The van der Waals surface area contributed by atoms with E-state index in [1.165, 1.54) is 0 Å². The monoisotopic (exact) mass is 235 g/mol. The Hall–Kier alpha value is -0.770. The molecule has 16 heavy (non-hydrogen) atoms. The molecular weight excluding hydrogens is 218 g/mol. The highest BCUT2D eigenvalue weighted by Crippen LogP contribution is 2.08. The lowest BCUT2D eigenvalue weighted by molar-refractivity contribution is -1.09. The number of nitrogens with zero attached hydrogens (tertiary/aromatic N) is 1. The van der Waals surface area contributed by atoms with Crippen LogP contribution in [0.1, 0.15) is 6.42 Å². The summed E-state index contributed by atoms with van der Waals surface area (Å²) in [6.45, 7) is -0.127. The van der Waals surface area contributed by atoms with Crippen molar-refractivity contribution >= 4 is 5.97 Å². The smallest absolute Gasteiger partial charge is 0.383 e. The van der Waals surface area contributed by atoms with Gasteiger partial charge in [-0.05, 0) is 6.42 Å². The maximum Gasteiger partial charge on any atom is 0.383 e. The Balaban J connectivity index is 2.43. The van der Waals surface area contributed by atoms with Crippen LogP contribution < -0.4 is 10.8 Å². The summed E-state index contributed by atoms with van der Waals surface area (Å²) < 4.78 is 0. The molecule has 1 atom stereocenters. The number of hydrogen-bond acceptors (Lipinski definition) is 6. The number of nitrogens with one attached hydrogen (secondary N) is 1. The van der Waals surface area contributed by atoms with E-state index in [1.54, 1.807) is 0 Å². The third kappa shape index (κ3) is 3.67. The number of quaternary nitrogens is 2. The average molecular weight is 235 g/mol. The van der Waals surface area contributed by atoms with E-state index in [4.69, 9.17) is 15.7 Å². The van der Waals surface area contributed by atoms with Crippen LogP contribution in [0.3, 0.4) is 0 Å². The summed E-state index contributed by atoms with van der Waals surface area (Å²) >= 11 is 0. The predicted octanol–water partition coefficient (Wildman–Crippen LogP) is -3.13. The normalized spacial score (nSPS) is 32.1. The molecule has 0 spiro atoms. The predicted molar refractivity (Wildman–Crippen MR) is 53.2 cm³/mol. The van der Waals surface area contributed by atoms with Gasteiger partial charge in [0.25, 0.3) is 0 Å². The second kappa shape index (κ2) is 5.53. The second-order valence-electron chi connectivity index (χ2n) is 3.83. The van der Waals surface area contributed by atoms with E-state index >= 15 is 0 Å². The molecule has 8 heteroatoms. The first-order chi connectivity index (χ1) is 7.47. The average Bonchev–Trinajstić information content (AvgIpc) is 2.23. The van der Waals surface area contributed by atoms with Crippen LogP contribution in [0.25, 0.3) is 0 Å². The van der Waals surface area contributed by atoms with Crippen LogP contribution in [0.4, 0.5) is 0 Å². The molecule has 94 valence electrons. The first-order valence-corrected chi connectivity index (χ1v) is 5.16. The molecule has 1 fully saturated rings. The molecule has 0 aromatic rings. The minimum Gasteiger partial charge on any atom is -0.634 e. The maximum atomic E-state index is 11.8. The fourth-order valence-electron chi connectivity index (χ4n) is 1.41. The van der Waals surface area contributed by atoms with Gasteiger partial charge in [-0.2, -0.15) is 4.81 Å². The highest BCUT2D eigenvalue weighted by atomic mass is 16.9. The number of nitrogens with two attached hydrogens (primary N) is 1. The Bertz CT molecular complexity index is 242. The number of carbonyl (C=O) groups is 1. The molecule has 1 saturated heterocycles. The standard InChI is InChI=1S/C8H17N3O5/c9-7(1-6-12)8(13)16-11(15)4-2-10(14)3-5-11/h7,10,12H,1-6,9H2/t7-/m0/s1. The van der Waals surface area contributed by atoms with Gasteiger partial charge in [-0.15, -0.1) is 0 Å². The van der Waals surface area contributed by atoms with Crippen LogP contribution in [0.5, 0.6) is 0 Å². The van der Waals surface area contributed by atoms with E-state index < -0.39 is 16.8 Å². The molecule has 1 rings (SSSR count). The van der Waals surface area contributed by atoms with Crippen LogP contribution >= 0.6 is 0 Å². The molecule has 1 heterocycles. The van der Waals surface area contributed by atoms with Gasteiger partial charge in [0.2, 0.25) is 0 Å². The van der Waals surface area contributed by atoms with E-state index in [9.17, 15) is 15.2 Å². The van der Waals surface area contributed by atoms with Crippen molar-refractivity contribution in [1.29, 1.82) is 0 Å². The van der Waals surface area contributed by atoms with Crippen LogP contribution in [0, 0.1) is 10.4 Å². The molecule has 4 N–H and O–H groups in total. The maximum absolute atomic E-state index is 11.8. The molecule has 0 bridgehead atoms. The lowest BCUT2D eigenvalue weighted by Crippen LogP contribution is -3.11. The zero-order chi connectivity index (χ0) is 12.2. The quantitative estimate of drug-likeness (QED) is 0.349. The van der Waals surface area contributed by atoms with Crippen molar-refractivity contribution in [1.82, 2.24) is 0 Å². The van der Waals surface area contributed by atoms with Gasteiger partial charge in [0, 0.05) is 6.61 Å². The highest BCUT2D eigenvalue weighted by molar-refractivity contribution is 5.74. The Morgan fingerprint density at radius 1 is 1.56 bits per heavy atom. The van der Waals surface area contributed by atoms with Crippen molar-refractivity contribution < 1.29 is 24.6 Å². The van der Waals surface area contributed by atoms with Crippen molar-refractivity contribution in [3.8, 4) is 0 Å². The molecule has 0 unspecified atom stereocenters. The summed E-state index contributed by atoms with van der Waals surface area (Å²) in [5.41, 5.74) is 5.38. The first kappa shape index (κ1) is 13.3. The highest BCUT2D eigenvalue weighted by Gasteiger charge is 2.32. The van der Waals surface area contributed by atoms with Crippen molar-refractivity contribution in [3.63, 3.8) is 0 Å². The number of aliphatic hydroxyl groups excluding tert-OH is 1. The molecule has 0 aliphatic carbocycles. The summed E-state index contributed by atoms with van der Waals surface area (Å²) in [5, 5.41) is 31.3. The fraction of sp³-hybridized carbons (Fsp3) is 0.875. The second-order valence-corrected chi connectivity index (χ2v) is 3.83. The Kier molecular flexibility index (Phi) is 4.59. The summed E-state index contributed by atoms with van der Waals surface area (Å²) in [7, 11) is 0. The first-order valence-electron chi connectivity index (χ1n) is 5.16. The summed E-state index contributed by atoms with van der Waals surface area (Å²) in [5.74, 6) is -0.835. The Labute approximate surface area is 92.9 Å². The molecule has 1 aliphatic rings. The summed E-state index contributed by atoms with van der Waals surface area (Å²) in [6, 6.07) is -0.994. The van der Waals surface area contributed by atoms with Crippen molar-refractivity contribution in [3.05, 3.63) is 10.4 Å². The van der Waals surface area contributed by atoms with Gasteiger partial charge in [0.1, 0.15) is 19.1 Å². The minimum atomic E-state index is -1.15. The Morgan fingerprint density at radius 2 is 2.12 bits per heavy atom. The van der Waals surface area contributed by atoms with Crippen LogP contribution in [0.2, 0.25) is 0 Å². The van der Waals surface area contributed by atoms with E-state index in [1.807, 2.05) is 0 Å². The summed E-state index contributed by atoms with van der Waals surface area (Å²) in [6.07, 6.45) is 0.0533. The molecule has 0 saturated carbocycles. The van der Waals surface area contributed by atoms with E-state index in [-0.39, 0.29) is 44.3 Å². The van der Waals surface area contributed by atoms with Crippen LogP contribution in [-0.4, -0.2) is 54.7 Å². The third-order valence-corrected chi connectivity index (χ3v) is 2.46. The van der Waals surface area contributed by atoms with Crippen LogP contribution in [-0.2, 0) is 9.63 Å².